The first kappa shape index (κ1) is 13.6. The third kappa shape index (κ3) is 3.21. The Morgan fingerprint density at radius 3 is 2.84 bits per heavy atom. The molecular formula is C16H26N2S. The highest BCUT2D eigenvalue weighted by molar-refractivity contribution is 7.10. The maximum absolute atomic E-state index is 4.02. The SMILES string of the molecule is CC1CNCCC1NC(c1cccs1)C1CCCC1. The first-order valence-electron chi connectivity index (χ1n) is 7.85. The highest BCUT2D eigenvalue weighted by Gasteiger charge is 2.31. The Labute approximate surface area is 121 Å². The van der Waals surface area contributed by atoms with Crippen molar-refractivity contribution in [2.75, 3.05) is 13.1 Å². The van der Waals surface area contributed by atoms with Crippen LogP contribution in [0.4, 0.5) is 0 Å². The van der Waals surface area contributed by atoms with Gasteiger partial charge in [0, 0.05) is 17.0 Å². The predicted octanol–water partition coefficient (Wildman–Crippen LogP) is 3.57. The van der Waals surface area contributed by atoms with Gasteiger partial charge in [-0.05, 0) is 55.6 Å². The highest BCUT2D eigenvalue weighted by atomic mass is 32.1. The molecule has 1 saturated carbocycles. The van der Waals surface area contributed by atoms with Crippen LogP contribution in [0.15, 0.2) is 17.5 Å². The molecule has 1 aliphatic heterocycles. The van der Waals surface area contributed by atoms with Crippen molar-refractivity contribution in [2.45, 2.75) is 51.1 Å². The minimum atomic E-state index is 0.605. The van der Waals surface area contributed by atoms with Gasteiger partial charge in [-0.1, -0.05) is 25.8 Å². The number of thiophene rings is 1. The lowest BCUT2D eigenvalue weighted by molar-refractivity contribution is 0.241. The number of hydrogen-bond acceptors (Lipinski definition) is 3. The van der Waals surface area contributed by atoms with Crippen LogP contribution in [0.2, 0.25) is 0 Å². The molecule has 1 aromatic rings. The Morgan fingerprint density at radius 2 is 2.16 bits per heavy atom. The molecule has 2 fully saturated rings. The summed E-state index contributed by atoms with van der Waals surface area (Å²) in [5.41, 5.74) is 0. The molecule has 1 saturated heterocycles. The van der Waals surface area contributed by atoms with Crippen molar-refractivity contribution in [3.8, 4) is 0 Å². The van der Waals surface area contributed by atoms with Gasteiger partial charge in [-0.25, -0.2) is 0 Å². The molecule has 19 heavy (non-hydrogen) atoms. The molecule has 0 amide bonds. The van der Waals surface area contributed by atoms with E-state index in [4.69, 9.17) is 0 Å². The van der Waals surface area contributed by atoms with Crippen LogP contribution in [0.5, 0.6) is 0 Å². The van der Waals surface area contributed by atoms with Crippen molar-refractivity contribution in [2.24, 2.45) is 11.8 Å². The average Bonchev–Trinajstić information content (AvgIpc) is 3.11. The van der Waals surface area contributed by atoms with Gasteiger partial charge in [0.15, 0.2) is 0 Å². The maximum Gasteiger partial charge on any atom is 0.0445 e. The molecule has 0 bridgehead atoms. The van der Waals surface area contributed by atoms with Crippen LogP contribution in [0.1, 0.15) is 49.9 Å². The van der Waals surface area contributed by atoms with Gasteiger partial charge < -0.3 is 10.6 Å². The summed E-state index contributed by atoms with van der Waals surface area (Å²) in [7, 11) is 0. The molecule has 0 aromatic carbocycles. The minimum Gasteiger partial charge on any atom is -0.316 e. The summed E-state index contributed by atoms with van der Waals surface area (Å²) in [5, 5.41) is 9.75. The van der Waals surface area contributed by atoms with Crippen molar-refractivity contribution in [1.82, 2.24) is 10.6 Å². The van der Waals surface area contributed by atoms with E-state index in [1.807, 2.05) is 11.3 Å². The van der Waals surface area contributed by atoms with Gasteiger partial charge in [0.2, 0.25) is 0 Å². The molecule has 1 aromatic heterocycles. The molecule has 0 radical (unpaired) electrons. The van der Waals surface area contributed by atoms with E-state index in [9.17, 15) is 0 Å². The molecule has 3 atom stereocenters. The summed E-state index contributed by atoms with van der Waals surface area (Å²) < 4.78 is 0. The minimum absolute atomic E-state index is 0.605. The smallest absolute Gasteiger partial charge is 0.0445 e. The summed E-state index contributed by atoms with van der Waals surface area (Å²) in [6, 6.07) is 5.82. The second-order valence-corrected chi connectivity index (χ2v) is 7.26. The fourth-order valence-electron chi connectivity index (χ4n) is 3.70. The third-order valence-corrected chi connectivity index (χ3v) is 5.86. The molecular weight excluding hydrogens is 252 g/mol. The van der Waals surface area contributed by atoms with Gasteiger partial charge in [-0.3, -0.25) is 0 Å². The van der Waals surface area contributed by atoms with E-state index in [-0.39, 0.29) is 0 Å². The Kier molecular flexibility index (Phi) is 4.57. The van der Waals surface area contributed by atoms with Crippen molar-refractivity contribution >= 4 is 11.3 Å². The summed E-state index contributed by atoms with van der Waals surface area (Å²) in [4.78, 5) is 1.55. The van der Waals surface area contributed by atoms with Gasteiger partial charge >= 0.3 is 0 Å². The van der Waals surface area contributed by atoms with Crippen LogP contribution in [0.25, 0.3) is 0 Å². The van der Waals surface area contributed by atoms with Gasteiger partial charge in [0.1, 0.15) is 0 Å². The average molecular weight is 278 g/mol. The number of hydrogen-bond donors (Lipinski definition) is 2. The topological polar surface area (TPSA) is 24.1 Å². The zero-order chi connectivity index (χ0) is 13.1. The first-order chi connectivity index (χ1) is 9.34. The summed E-state index contributed by atoms with van der Waals surface area (Å²) in [6.07, 6.45) is 6.95. The first-order valence-corrected chi connectivity index (χ1v) is 8.72. The Bertz CT molecular complexity index is 370. The van der Waals surface area contributed by atoms with Crippen LogP contribution in [-0.4, -0.2) is 19.1 Å². The van der Waals surface area contributed by atoms with E-state index in [1.54, 1.807) is 4.88 Å². The molecule has 2 nitrogen and oxygen atoms in total. The fraction of sp³-hybridized carbons (Fsp3) is 0.750. The molecule has 1 aliphatic carbocycles. The van der Waals surface area contributed by atoms with Crippen LogP contribution in [0.3, 0.4) is 0 Å². The van der Waals surface area contributed by atoms with E-state index in [1.165, 1.54) is 45.2 Å². The van der Waals surface area contributed by atoms with Crippen LogP contribution >= 0.6 is 11.3 Å². The predicted molar refractivity (Wildman–Crippen MR) is 82.6 cm³/mol. The van der Waals surface area contributed by atoms with E-state index in [0.29, 0.717) is 12.1 Å². The molecule has 2 N–H and O–H groups in total. The van der Waals surface area contributed by atoms with Gasteiger partial charge in [0.05, 0.1) is 0 Å². The lowest BCUT2D eigenvalue weighted by Crippen LogP contribution is -2.48. The van der Waals surface area contributed by atoms with Gasteiger partial charge in [-0.15, -0.1) is 11.3 Å². The Hall–Kier alpha value is -0.380. The van der Waals surface area contributed by atoms with Crippen LogP contribution < -0.4 is 10.6 Å². The van der Waals surface area contributed by atoms with E-state index >= 15 is 0 Å². The molecule has 2 heterocycles. The second-order valence-electron chi connectivity index (χ2n) is 6.28. The third-order valence-electron chi connectivity index (χ3n) is 4.90. The second kappa shape index (κ2) is 6.38. The van der Waals surface area contributed by atoms with Crippen molar-refractivity contribution < 1.29 is 0 Å². The number of nitrogens with one attached hydrogen (secondary N) is 2. The zero-order valence-electron chi connectivity index (χ0n) is 11.9. The standard InChI is InChI=1S/C16H26N2S/c1-12-11-17-9-8-14(12)18-16(13-5-2-3-6-13)15-7-4-10-19-15/h4,7,10,12-14,16-18H,2-3,5-6,8-9,11H2,1H3. The normalized spacial score (nSPS) is 30.6. The summed E-state index contributed by atoms with van der Waals surface area (Å²) in [5.74, 6) is 1.61. The van der Waals surface area contributed by atoms with Crippen LogP contribution in [0, 0.1) is 11.8 Å². The van der Waals surface area contributed by atoms with Crippen molar-refractivity contribution in [3.05, 3.63) is 22.4 Å². The molecule has 3 heteroatoms. The van der Waals surface area contributed by atoms with Gasteiger partial charge in [-0.2, -0.15) is 0 Å². The highest BCUT2D eigenvalue weighted by Crippen LogP contribution is 2.38. The van der Waals surface area contributed by atoms with Crippen molar-refractivity contribution in [3.63, 3.8) is 0 Å². The monoisotopic (exact) mass is 278 g/mol. The zero-order valence-corrected chi connectivity index (χ0v) is 12.7. The maximum atomic E-state index is 4.02. The molecule has 3 unspecified atom stereocenters. The summed E-state index contributed by atoms with van der Waals surface area (Å²) in [6.45, 7) is 4.72. The lowest BCUT2D eigenvalue weighted by Gasteiger charge is -2.35. The molecule has 3 rings (SSSR count). The molecule has 2 aliphatic rings. The number of piperidine rings is 1. The quantitative estimate of drug-likeness (QED) is 0.880. The number of rotatable bonds is 4. The van der Waals surface area contributed by atoms with E-state index in [2.05, 4.69) is 35.1 Å². The Morgan fingerprint density at radius 1 is 1.32 bits per heavy atom. The Balaban J connectivity index is 1.71. The van der Waals surface area contributed by atoms with Crippen molar-refractivity contribution in [1.29, 1.82) is 0 Å². The fourth-order valence-corrected chi connectivity index (χ4v) is 4.58. The summed E-state index contributed by atoms with van der Waals surface area (Å²) >= 11 is 1.93. The van der Waals surface area contributed by atoms with Gasteiger partial charge in [0.25, 0.3) is 0 Å². The van der Waals surface area contributed by atoms with Crippen LogP contribution in [-0.2, 0) is 0 Å². The largest absolute Gasteiger partial charge is 0.316 e. The van der Waals surface area contributed by atoms with E-state index in [0.717, 1.165) is 11.8 Å². The van der Waals surface area contributed by atoms with E-state index < -0.39 is 0 Å². The lowest BCUT2D eigenvalue weighted by atomic mass is 9.90. The molecule has 0 spiro atoms. The molecule has 106 valence electrons.